The highest BCUT2D eigenvalue weighted by Crippen LogP contribution is 2.55. The van der Waals surface area contributed by atoms with Crippen LogP contribution in [0, 0.1) is 5.92 Å². The molecule has 0 N–H and O–H groups in total. The summed E-state index contributed by atoms with van der Waals surface area (Å²) in [5, 5.41) is 0. The molecule has 0 aromatic heterocycles. The molecule has 0 unspecified atom stereocenters. The smallest absolute Gasteiger partial charge is 0.320 e. The number of halogens is 2. The summed E-state index contributed by atoms with van der Waals surface area (Å²) < 4.78 is 19.0. The summed E-state index contributed by atoms with van der Waals surface area (Å²) in [7, 11) is 0. The highest BCUT2D eigenvalue weighted by molar-refractivity contribution is 6.26. The van der Waals surface area contributed by atoms with E-state index in [2.05, 4.69) is 0 Å². The van der Waals surface area contributed by atoms with E-state index in [1.165, 1.54) is 0 Å². The lowest BCUT2D eigenvalue weighted by Crippen LogP contribution is -2.12. The minimum Gasteiger partial charge on any atom is -0.464 e. The Hall–Kier alpha value is -1.09. The molecule has 1 aliphatic rings. The molecule has 0 heterocycles. The lowest BCUT2D eigenvalue weighted by Gasteiger charge is -2.08. The van der Waals surface area contributed by atoms with Crippen LogP contribution in [0.5, 0.6) is 0 Å². The van der Waals surface area contributed by atoms with Gasteiger partial charge < -0.3 is 4.74 Å². The van der Waals surface area contributed by atoms with Crippen LogP contribution in [-0.2, 0) is 15.2 Å². The van der Waals surface area contributed by atoms with Crippen molar-refractivity contribution in [2.75, 3.05) is 12.5 Å². The van der Waals surface area contributed by atoms with E-state index < -0.39 is 11.6 Å². The van der Waals surface area contributed by atoms with Crippen molar-refractivity contribution in [3.05, 3.63) is 35.9 Å². The van der Waals surface area contributed by atoms with Gasteiger partial charge in [0.15, 0.2) is 0 Å². The number of rotatable bonds is 4. The van der Waals surface area contributed by atoms with Crippen LogP contribution in [0.1, 0.15) is 12.0 Å². The normalized spacial score (nSPS) is 27.5. The van der Waals surface area contributed by atoms with Gasteiger partial charge in [-0.3, -0.25) is 4.79 Å². The first-order chi connectivity index (χ1) is 7.66. The Morgan fingerprint density at radius 1 is 1.50 bits per heavy atom. The molecule has 16 heavy (non-hydrogen) atoms. The molecule has 0 spiro atoms. The van der Waals surface area contributed by atoms with E-state index in [0.29, 0.717) is 12.0 Å². The fourth-order valence-corrected chi connectivity index (χ4v) is 1.87. The molecule has 0 bridgehead atoms. The van der Waals surface area contributed by atoms with Crippen LogP contribution < -0.4 is 0 Å². The number of hydrogen-bond acceptors (Lipinski definition) is 2. The monoisotopic (exact) mass is 242 g/mol. The van der Waals surface area contributed by atoms with E-state index >= 15 is 0 Å². The highest BCUT2D eigenvalue weighted by Gasteiger charge is 2.57. The maximum atomic E-state index is 14.2. The van der Waals surface area contributed by atoms with Crippen molar-refractivity contribution in [1.29, 1.82) is 0 Å². The molecule has 1 aliphatic carbocycles. The Kier molecular flexibility index (Phi) is 3.15. The summed E-state index contributed by atoms with van der Waals surface area (Å²) >= 11 is 5.28. The average Bonchev–Trinajstić information content (AvgIpc) is 3.00. The number of esters is 1. The number of ether oxygens (including phenoxy) is 1. The fraction of sp³-hybridized carbons (Fsp3) is 0.417. The minimum atomic E-state index is -1.33. The zero-order valence-corrected chi connectivity index (χ0v) is 9.41. The van der Waals surface area contributed by atoms with Crippen LogP contribution in [-0.4, -0.2) is 18.5 Å². The van der Waals surface area contributed by atoms with Gasteiger partial charge >= 0.3 is 5.97 Å². The van der Waals surface area contributed by atoms with Gasteiger partial charge in [-0.1, -0.05) is 30.3 Å². The summed E-state index contributed by atoms with van der Waals surface area (Å²) in [5.74, 6) is -0.914. The lowest BCUT2D eigenvalue weighted by molar-refractivity contribution is -0.141. The molecule has 1 saturated carbocycles. The second-order valence-electron chi connectivity index (χ2n) is 3.95. The van der Waals surface area contributed by atoms with Crippen LogP contribution in [0.15, 0.2) is 30.3 Å². The van der Waals surface area contributed by atoms with Crippen LogP contribution in [0.4, 0.5) is 4.39 Å². The molecule has 0 radical (unpaired) electrons. The summed E-state index contributed by atoms with van der Waals surface area (Å²) in [4.78, 5) is 10.8. The lowest BCUT2D eigenvalue weighted by atomic mass is 10.1. The Bertz CT molecular complexity index is 382. The third-order valence-corrected chi connectivity index (χ3v) is 3.06. The molecule has 4 heteroatoms. The van der Waals surface area contributed by atoms with Crippen molar-refractivity contribution >= 4 is 17.6 Å². The van der Waals surface area contributed by atoms with Crippen LogP contribution in [0.25, 0.3) is 0 Å². The molecular formula is C12H12ClFO2. The molecule has 86 valence electrons. The van der Waals surface area contributed by atoms with Gasteiger partial charge in [0.05, 0.1) is 6.61 Å². The molecule has 1 aromatic rings. The summed E-state index contributed by atoms with van der Waals surface area (Å²) in [6.07, 6.45) is 0.409. The van der Waals surface area contributed by atoms with Crippen molar-refractivity contribution in [2.24, 2.45) is 5.92 Å². The third-order valence-electron chi connectivity index (χ3n) is 2.84. The van der Waals surface area contributed by atoms with Crippen molar-refractivity contribution in [1.82, 2.24) is 0 Å². The molecule has 2 rings (SSSR count). The van der Waals surface area contributed by atoms with Gasteiger partial charge in [-0.05, 0) is 12.0 Å². The molecule has 0 amide bonds. The first kappa shape index (κ1) is 11.4. The van der Waals surface area contributed by atoms with Gasteiger partial charge in [0.25, 0.3) is 0 Å². The summed E-state index contributed by atoms with van der Waals surface area (Å²) in [6.45, 7) is 0.108. The maximum Gasteiger partial charge on any atom is 0.320 e. The van der Waals surface area contributed by atoms with E-state index in [1.807, 2.05) is 6.07 Å². The first-order valence-corrected chi connectivity index (χ1v) is 5.66. The quantitative estimate of drug-likeness (QED) is 0.599. The molecular weight excluding hydrogens is 231 g/mol. The van der Waals surface area contributed by atoms with Crippen LogP contribution >= 0.6 is 11.6 Å². The number of carbonyl (C=O) groups is 1. The van der Waals surface area contributed by atoms with E-state index in [0.717, 1.165) is 0 Å². The van der Waals surface area contributed by atoms with Gasteiger partial charge in [0.1, 0.15) is 11.5 Å². The SMILES string of the molecule is O=C(CCl)OC[C@@H]1C[C@@]1(F)c1ccccc1. The fourth-order valence-electron chi connectivity index (χ4n) is 1.79. The Labute approximate surface area is 98.4 Å². The second kappa shape index (κ2) is 4.42. The van der Waals surface area contributed by atoms with Crippen LogP contribution in [0.3, 0.4) is 0 Å². The van der Waals surface area contributed by atoms with Crippen molar-refractivity contribution in [3.63, 3.8) is 0 Å². The summed E-state index contributed by atoms with van der Waals surface area (Å²) in [5.41, 5.74) is -0.671. The number of carbonyl (C=O) groups excluding carboxylic acids is 1. The van der Waals surface area contributed by atoms with E-state index in [4.69, 9.17) is 16.3 Å². The topological polar surface area (TPSA) is 26.3 Å². The molecule has 1 aromatic carbocycles. The van der Waals surface area contributed by atoms with E-state index in [-0.39, 0.29) is 18.4 Å². The number of benzene rings is 1. The van der Waals surface area contributed by atoms with Gasteiger partial charge in [0, 0.05) is 5.92 Å². The van der Waals surface area contributed by atoms with Gasteiger partial charge in [0.2, 0.25) is 0 Å². The van der Waals surface area contributed by atoms with Crippen molar-refractivity contribution in [2.45, 2.75) is 12.1 Å². The number of alkyl halides is 2. The van der Waals surface area contributed by atoms with E-state index in [1.54, 1.807) is 24.3 Å². The minimum absolute atomic E-state index is 0.108. The second-order valence-corrected chi connectivity index (χ2v) is 4.21. The third kappa shape index (κ3) is 2.19. The molecule has 0 saturated heterocycles. The molecule has 2 nitrogen and oxygen atoms in total. The Morgan fingerprint density at radius 3 is 2.81 bits per heavy atom. The zero-order valence-electron chi connectivity index (χ0n) is 8.66. The predicted molar refractivity (Wildman–Crippen MR) is 59.0 cm³/mol. The van der Waals surface area contributed by atoms with Gasteiger partial charge in [-0.15, -0.1) is 11.6 Å². The Morgan fingerprint density at radius 2 is 2.19 bits per heavy atom. The Balaban J connectivity index is 1.92. The number of hydrogen-bond donors (Lipinski definition) is 0. The molecule has 0 aliphatic heterocycles. The standard InChI is InChI=1S/C12H12ClFO2/c13-7-11(15)16-8-10-6-12(10,14)9-4-2-1-3-5-9/h1-5,10H,6-8H2/t10-,12+/m0/s1. The average molecular weight is 243 g/mol. The zero-order chi connectivity index (χ0) is 11.6. The van der Waals surface area contributed by atoms with Crippen molar-refractivity contribution < 1.29 is 13.9 Å². The van der Waals surface area contributed by atoms with E-state index in [9.17, 15) is 9.18 Å². The molecule has 1 fully saturated rings. The largest absolute Gasteiger partial charge is 0.464 e. The first-order valence-electron chi connectivity index (χ1n) is 5.13. The highest BCUT2D eigenvalue weighted by atomic mass is 35.5. The molecule has 2 atom stereocenters. The van der Waals surface area contributed by atoms with Crippen LogP contribution in [0.2, 0.25) is 0 Å². The van der Waals surface area contributed by atoms with Gasteiger partial charge in [-0.2, -0.15) is 0 Å². The van der Waals surface area contributed by atoms with Gasteiger partial charge in [-0.25, -0.2) is 4.39 Å². The van der Waals surface area contributed by atoms with Crippen molar-refractivity contribution in [3.8, 4) is 0 Å². The predicted octanol–water partition coefficient (Wildman–Crippen LogP) is 2.65. The maximum absolute atomic E-state index is 14.2. The summed E-state index contributed by atoms with van der Waals surface area (Å²) in [6, 6.07) is 8.96.